The molecule has 2 rings (SSSR count). The summed E-state index contributed by atoms with van der Waals surface area (Å²) in [5.41, 5.74) is 3.69. The summed E-state index contributed by atoms with van der Waals surface area (Å²) >= 11 is 7.01. The van der Waals surface area contributed by atoms with Crippen LogP contribution >= 0.6 is 31.9 Å². The van der Waals surface area contributed by atoms with E-state index in [-0.39, 0.29) is 11.0 Å². The number of alkyl halides is 1. The van der Waals surface area contributed by atoms with Crippen molar-refractivity contribution in [2.75, 3.05) is 5.32 Å². The lowest BCUT2D eigenvalue weighted by molar-refractivity contribution is 0.808. The van der Waals surface area contributed by atoms with Gasteiger partial charge >= 0.3 is 0 Å². The van der Waals surface area contributed by atoms with Crippen molar-refractivity contribution in [1.82, 2.24) is 0 Å². The van der Waals surface area contributed by atoms with Crippen LogP contribution in [0.2, 0.25) is 0 Å². The number of halogens is 2. The fourth-order valence-electron chi connectivity index (χ4n) is 2.51. The molecule has 1 aliphatic rings. The Labute approximate surface area is 173 Å². The van der Waals surface area contributed by atoms with Crippen LogP contribution in [0.3, 0.4) is 0 Å². The van der Waals surface area contributed by atoms with Gasteiger partial charge in [0, 0.05) is 11.9 Å². The third-order valence-corrected chi connectivity index (χ3v) is 4.56. The van der Waals surface area contributed by atoms with Gasteiger partial charge in [-0.05, 0) is 54.1 Å². The molecule has 1 aromatic rings. The van der Waals surface area contributed by atoms with E-state index in [0.29, 0.717) is 0 Å². The lowest BCUT2D eigenvalue weighted by atomic mass is 9.94. The van der Waals surface area contributed by atoms with E-state index in [2.05, 4.69) is 78.6 Å². The van der Waals surface area contributed by atoms with E-state index in [4.69, 9.17) is 0 Å². The highest BCUT2D eigenvalue weighted by atomic mass is 79.9. The van der Waals surface area contributed by atoms with Gasteiger partial charge in [-0.25, -0.2) is 0 Å². The summed E-state index contributed by atoms with van der Waals surface area (Å²) in [6.45, 7) is 4.01. The first kappa shape index (κ1) is 20.7. The number of aliphatic imine (C=N–C) groups is 1. The monoisotopic (exact) mass is 474 g/mol. The first-order valence-corrected chi connectivity index (χ1v) is 10.3. The Balaban J connectivity index is 1.96. The third-order valence-electron chi connectivity index (χ3n) is 3.76. The molecule has 26 heavy (non-hydrogen) atoms. The quantitative estimate of drug-likeness (QED) is 0.199. The summed E-state index contributed by atoms with van der Waals surface area (Å²) in [6.07, 6.45) is 21.2. The van der Waals surface area contributed by atoms with Gasteiger partial charge in [-0.3, -0.25) is 4.99 Å². The molecule has 0 heterocycles. The standard InChI is InChI=1S/C22H24Br2N2/c1-3-4-5-9-22(24)26-21-13-11-18-15-20(12-10-19(18)16-21)25-14-7-6-8-17(2)23/h3-14,16,20,22,26H,15H2,1-2H3/b4-3-,7-6-,9-5-,17-8+,25-14?. The first-order valence-electron chi connectivity index (χ1n) is 8.62. The second kappa shape index (κ2) is 11.1. The maximum absolute atomic E-state index is 4.61. The molecule has 2 nitrogen and oxygen atoms in total. The van der Waals surface area contributed by atoms with Gasteiger partial charge in [0.2, 0.25) is 0 Å². The Morgan fingerprint density at radius 3 is 2.88 bits per heavy atom. The molecule has 1 N–H and O–H groups in total. The molecule has 0 aromatic heterocycles. The third kappa shape index (κ3) is 7.30. The Hall–Kier alpha value is -1.65. The molecular weight excluding hydrogens is 452 g/mol. The summed E-state index contributed by atoms with van der Waals surface area (Å²) in [5.74, 6) is 0. The van der Waals surface area contributed by atoms with E-state index >= 15 is 0 Å². The van der Waals surface area contributed by atoms with E-state index in [1.807, 2.05) is 56.5 Å². The fourth-order valence-corrected chi connectivity index (χ4v) is 3.11. The lowest BCUT2D eigenvalue weighted by Crippen LogP contribution is -2.12. The average Bonchev–Trinajstić information content (AvgIpc) is 2.61. The van der Waals surface area contributed by atoms with E-state index in [1.54, 1.807) is 0 Å². The minimum absolute atomic E-state index is 0.102. The molecule has 0 amide bonds. The van der Waals surface area contributed by atoms with Crippen LogP contribution in [0.25, 0.3) is 6.08 Å². The molecule has 0 spiro atoms. The number of hydrogen-bond donors (Lipinski definition) is 1. The second-order valence-corrected chi connectivity index (χ2v) is 8.17. The molecule has 2 atom stereocenters. The van der Waals surface area contributed by atoms with Crippen LogP contribution in [0.1, 0.15) is 25.0 Å². The Kier molecular flexibility index (Phi) is 8.86. The second-order valence-electron chi connectivity index (χ2n) is 5.94. The van der Waals surface area contributed by atoms with Crippen LogP contribution in [-0.2, 0) is 6.42 Å². The highest BCUT2D eigenvalue weighted by Crippen LogP contribution is 2.25. The number of nitrogens with one attached hydrogen (secondary N) is 1. The molecule has 4 heteroatoms. The number of allylic oxidation sites excluding steroid dienone is 7. The predicted octanol–water partition coefficient (Wildman–Crippen LogP) is 6.82. The van der Waals surface area contributed by atoms with E-state index < -0.39 is 0 Å². The van der Waals surface area contributed by atoms with Gasteiger partial charge in [0.05, 0.1) is 6.04 Å². The highest BCUT2D eigenvalue weighted by Gasteiger charge is 2.13. The fraction of sp³-hybridized carbons (Fsp3) is 0.227. The normalized spacial score (nSPS) is 19.1. The summed E-state index contributed by atoms with van der Waals surface area (Å²) in [4.78, 5) is 4.71. The molecule has 0 radical (unpaired) electrons. The van der Waals surface area contributed by atoms with Crippen molar-refractivity contribution in [3.63, 3.8) is 0 Å². The summed E-state index contributed by atoms with van der Waals surface area (Å²) in [6, 6.07) is 6.70. The molecule has 0 bridgehead atoms. The van der Waals surface area contributed by atoms with Crippen LogP contribution in [-0.4, -0.2) is 17.2 Å². The summed E-state index contributed by atoms with van der Waals surface area (Å²) < 4.78 is 1.10. The van der Waals surface area contributed by atoms with Gasteiger partial charge in [0.1, 0.15) is 4.95 Å². The van der Waals surface area contributed by atoms with Crippen LogP contribution in [0.15, 0.2) is 76.3 Å². The molecule has 2 unspecified atom stereocenters. The van der Waals surface area contributed by atoms with E-state index in [9.17, 15) is 0 Å². The molecule has 136 valence electrons. The lowest BCUT2D eigenvalue weighted by Gasteiger charge is -2.18. The van der Waals surface area contributed by atoms with Crippen molar-refractivity contribution >= 4 is 49.8 Å². The molecule has 0 aliphatic heterocycles. The van der Waals surface area contributed by atoms with Crippen molar-refractivity contribution < 1.29 is 0 Å². The Morgan fingerprint density at radius 1 is 1.27 bits per heavy atom. The average molecular weight is 476 g/mol. The summed E-state index contributed by atoms with van der Waals surface area (Å²) in [7, 11) is 0. The molecule has 0 saturated heterocycles. The zero-order valence-electron chi connectivity index (χ0n) is 15.1. The number of nitrogens with zero attached hydrogens (tertiary/aromatic N) is 1. The number of fused-ring (bicyclic) bond motifs is 1. The highest BCUT2D eigenvalue weighted by molar-refractivity contribution is 9.11. The molecule has 1 aliphatic carbocycles. The van der Waals surface area contributed by atoms with Gasteiger partial charge < -0.3 is 5.32 Å². The van der Waals surface area contributed by atoms with Crippen molar-refractivity contribution in [1.29, 1.82) is 0 Å². The minimum Gasteiger partial charge on any atom is -0.369 e. The van der Waals surface area contributed by atoms with Gasteiger partial charge in [0.15, 0.2) is 0 Å². The Morgan fingerprint density at radius 2 is 2.12 bits per heavy atom. The van der Waals surface area contributed by atoms with Crippen molar-refractivity contribution in [3.8, 4) is 0 Å². The minimum atomic E-state index is 0.102. The Bertz CT molecular complexity index is 766. The van der Waals surface area contributed by atoms with Crippen LogP contribution in [0.4, 0.5) is 5.69 Å². The van der Waals surface area contributed by atoms with Gasteiger partial charge in [-0.15, -0.1) is 0 Å². The van der Waals surface area contributed by atoms with Gasteiger partial charge in [0.25, 0.3) is 0 Å². The number of rotatable bonds is 7. The van der Waals surface area contributed by atoms with Crippen molar-refractivity contribution in [3.05, 3.63) is 82.4 Å². The van der Waals surface area contributed by atoms with Crippen LogP contribution in [0.5, 0.6) is 0 Å². The van der Waals surface area contributed by atoms with E-state index in [1.165, 1.54) is 11.1 Å². The maximum Gasteiger partial charge on any atom is 0.101 e. The van der Waals surface area contributed by atoms with Crippen molar-refractivity contribution in [2.45, 2.75) is 31.3 Å². The smallest absolute Gasteiger partial charge is 0.101 e. The molecule has 0 fully saturated rings. The summed E-state index contributed by atoms with van der Waals surface area (Å²) in [5, 5.41) is 3.43. The molecule has 0 saturated carbocycles. The van der Waals surface area contributed by atoms with Crippen molar-refractivity contribution in [2.24, 2.45) is 4.99 Å². The molecule has 1 aromatic carbocycles. The SMILES string of the molecule is C/C=C\C=C/C(Br)Nc1ccc2c(c1)C=CC(N=C/C=C\C=C(/C)Br)C2. The first-order chi connectivity index (χ1) is 12.6. The van der Waals surface area contributed by atoms with Gasteiger partial charge in [-0.2, -0.15) is 0 Å². The van der Waals surface area contributed by atoms with E-state index in [0.717, 1.165) is 16.6 Å². The largest absolute Gasteiger partial charge is 0.369 e. The topological polar surface area (TPSA) is 24.4 Å². The number of anilines is 1. The van der Waals surface area contributed by atoms with Gasteiger partial charge in [-0.1, -0.05) is 86.5 Å². The van der Waals surface area contributed by atoms with Crippen LogP contribution in [0, 0.1) is 0 Å². The molecular formula is C22H24Br2N2. The maximum atomic E-state index is 4.61. The number of benzene rings is 1. The zero-order valence-corrected chi connectivity index (χ0v) is 18.2. The predicted molar refractivity (Wildman–Crippen MR) is 124 cm³/mol. The number of hydrogen-bond acceptors (Lipinski definition) is 2. The van der Waals surface area contributed by atoms with Crippen LogP contribution < -0.4 is 5.32 Å². The zero-order chi connectivity index (χ0) is 18.8.